The molecule has 2 N–H and O–H groups in total. The van der Waals surface area contributed by atoms with Gasteiger partial charge < -0.3 is 15.5 Å². The fourth-order valence-corrected chi connectivity index (χ4v) is 4.05. The Hall–Kier alpha value is -4.14. The van der Waals surface area contributed by atoms with Crippen molar-refractivity contribution in [2.45, 2.75) is 25.6 Å². The van der Waals surface area contributed by atoms with Crippen LogP contribution in [0.25, 0.3) is 0 Å². The van der Waals surface area contributed by atoms with E-state index in [-0.39, 0.29) is 5.56 Å². The number of nitrogens with one attached hydrogen (secondary N) is 2. The highest BCUT2D eigenvalue weighted by Crippen LogP contribution is 2.26. The monoisotopic (exact) mass is 494 g/mol. The highest BCUT2D eigenvalue weighted by atomic mass is 19.2. The van der Waals surface area contributed by atoms with Crippen molar-refractivity contribution in [1.82, 2.24) is 10.6 Å². The van der Waals surface area contributed by atoms with E-state index in [1.165, 1.54) is 6.92 Å². The van der Waals surface area contributed by atoms with E-state index in [9.17, 15) is 22.8 Å². The van der Waals surface area contributed by atoms with E-state index in [0.29, 0.717) is 18.7 Å². The van der Waals surface area contributed by atoms with Gasteiger partial charge in [0.15, 0.2) is 11.6 Å². The van der Waals surface area contributed by atoms with Gasteiger partial charge in [-0.3, -0.25) is 14.6 Å². The number of carbonyl (C=O) groups is 2. The summed E-state index contributed by atoms with van der Waals surface area (Å²) in [6, 6.07) is 17.5. The second-order valence-corrected chi connectivity index (χ2v) is 8.59. The van der Waals surface area contributed by atoms with E-state index in [0.717, 1.165) is 22.5 Å². The van der Waals surface area contributed by atoms with Gasteiger partial charge in [-0.15, -0.1) is 0 Å². The van der Waals surface area contributed by atoms with Crippen LogP contribution in [0.2, 0.25) is 0 Å². The van der Waals surface area contributed by atoms with Crippen molar-refractivity contribution in [1.29, 1.82) is 0 Å². The molecule has 0 fully saturated rings. The first-order valence-electron chi connectivity index (χ1n) is 11.4. The van der Waals surface area contributed by atoms with Gasteiger partial charge in [-0.2, -0.15) is 0 Å². The van der Waals surface area contributed by atoms with Gasteiger partial charge in [-0.25, -0.2) is 13.2 Å². The van der Waals surface area contributed by atoms with Gasteiger partial charge in [0.1, 0.15) is 18.0 Å². The Labute approximate surface area is 206 Å². The number of nitrogens with zero attached hydrogens (tertiary/aromatic N) is 2. The molecule has 0 aliphatic carbocycles. The molecule has 0 radical (unpaired) electrons. The predicted octanol–water partition coefficient (Wildman–Crippen LogP) is 3.58. The van der Waals surface area contributed by atoms with E-state index in [1.54, 1.807) is 0 Å². The van der Waals surface area contributed by atoms with Crippen LogP contribution in [-0.4, -0.2) is 43.3 Å². The van der Waals surface area contributed by atoms with E-state index in [4.69, 9.17) is 4.99 Å². The Kier molecular flexibility index (Phi) is 7.38. The van der Waals surface area contributed by atoms with Crippen LogP contribution < -0.4 is 15.5 Å². The molecule has 36 heavy (non-hydrogen) atoms. The van der Waals surface area contributed by atoms with Crippen molar-refractivity contribution in [3.63, 3.8) is 0 Å². The zero-order valence-electron chi connectivity index (χ0n) is 19.8. The number of rotatable bonds is 6. The molecule has 1 heterocycles. The van der Waals surface area contributed by atoms with Gasteiger partial charge in [0.05, 0.1) is 18.7 Å². The van der Waals surface area contributed by atoms with Crippen molar-refractivity contribution in [3.8, 4) is 0 Å². The minimum Gasteiger partial charge on any atom is -0.370 e. The Bertz CT molecular complexity index is 1310. The largest absolute Gasteiger partial charge is 0.370 e. The summed E-state index contributed by atoms with van der Waals surface area (Å²) in [5.41, 5.74) is 3.21. The number of halogens is 3. The number of fused-ring (bicyclic) bond motifs is 1. The topological polar surface area (TPSA) is 73.8 Å². The molecule has 2 atom stereocenters. The molecule has 0 spiro atoms. The maximum absolute atomic E-state index is 13.9. The standard InChI is InChI=1S/C27H25F3N4O2/c1-16(31-25(35)13-18-12-21(29)22(30)14-20(18)28)27(36)33-24-15-34(2)23-11-7-6-10-19(23)26(32-24)17-8-4-3-5-9-17/h3-12,14,16,24H,13,15H2,1-2H3,(H,31,35)(H,33,36)/t16-,24+/m0/s1. The molecule has 1 aliphatic heterocycles. The number of hydrogen-bond acceptors (Lipinski definition) is 4. The molecule has 6 nitrogen and oxygen atoms in total. The Morgan fingerprint density at radius 3 is 2.42 bits per heavy atom. The summed E-state index contributed by atoms with van der Waals surface area (Å²) >= 11 is 0. The second-order valence-electron chi connectivity index (χ2n) is 8.59. The minimum atomic E-state index is -1.34. The molecule has 0 bridgehead atoms. The zero-order chi connectivity index (χ0) is 25.8. The number of likely N-dealkylation sites (N-methyl/N-ethyl adjacent to an activating group) is 1. The van der Waals surface area contributed by atoms with E-state index in [1.807, 2.05) is 66.5 Å². The van der Waals surface area contributed by atoms with Crippen LogP contribution in [0.15, 0.2) is 71.7 Å². The Balaban J connectivity index is 1.48. The fraction of sp³-hybridized carbons (Fsp3) is 0.222. The van der Waals surface area contributed by atoms with Crippen molar-refractivity contribution in [2.24, 2.45) is 4.99 Å². The lowest BCUT2D eigenvalue weighted by atomic mass is 10.0. The lowest BCUT2D eigenvalue weighted by Gasteiger charge is -2.24. The summed E-state index contributed by atoms with van der Waals surface area (Å²) < 4.78 is 40.4. The van der Waals surface area contributed by atoms with Crippen molar-refractivity contribution in [3.05, 3.63) is 101 Å². The second kappa shape index (κ2) is 10.6. The molecular formula is C27H25F3N4O2. The molecule has 0 saturated carbocycles. The average molecular weight is 495 g/mol. The number of benzodiazepines with no additional fused rings is 1. The first kappa shape index (κ1) is 25.0. The molecule has 3 aromatic rings. The Morgan fingerprint density at radius 1 is 1.00 bits per heavy atom. The molecular weight excluding hydrogens is 469 g/mol. The van der Waals surface area contributed by atoms with Crippen LogP contribution in [0.1, 0.15) is 23.6 Å². The van der Waals surface area contributed by atoms with Crippen LogP contribution in [0.5, 0.6) is 0 Å². The maximum Gasteiger partial charge on any atom is 0.243 e. The molecule has 0 saturated heterocycles. The highest BCUT2D eigenvalue weighted by Gasteiger charge is 2.26. The molecule has 4 rings (SSSR count). The van der Waals surface area contributed by atoms with Gasteiger partial charge in [-0.05, 0) is 19.1 Å². The molecule has 9 heteroatoms. The summed E-state index contributed by atoms with van der Waals surface area (Å²) in [6.45, 7) is 1.87. The SMILES string of the molecule is C[C@H](NC(=O)Cc1cc(F)c(F)cc1F)C(=O)N[C@@H]1CN(C)c2ccccc2C(c2ccccc2)=N1. The van der Waals surface area contributed by atoms with Crippen LogP contribution in [-0.2, 0) is 16.0 Å². The fourth-order valence-electron chi connectivity index (χ4n) is 4.05. The molecule has 2 amide bonds. The highest BCUT2D eigenvalue weighted by molar-refractivity contribution is 6.16. The van der Waals surface area contributed by atoms with Gasteiger partial charge in [0.2, 0.25) is 11.8 Å². The number of anilines is 1. The summed E-state index contributed by atoms with van der Waals surface area (Å²) in [6.07, 6.45) is -1.16. The quantitative estimate of drug-likeness (QED) is 0.515. The Morgan fingerprint density at radius 2 is 1.67 bits per heavy atom. The number of hydrogen-bond donors (Lipinski definition) is 2. The summed E-state index contributed by atoms with van der Waals surface area (Å²) in [5.74, 6) is -4.83. The van der Waals surface area contributed by atoms with E-state index >= 15 is 0 Å². The summed E-state index contributed by atoms with van der Waals surface area (Å²) in [5, 5.41) is 5.32. The van der Waals surface area contributed by atoms with Crippen LogP contribution in [0, 0.1) is 17.5 Å². The number of amides is 2. The van der Waals surface area contributed by atoms with Crippen LogP contribution in [0.4, 0.5) is 18.9 Å². The van der Waals surface area contributed by atoms with E-state index < -0.39 is 47.9 Å². The van der Waals surface area contributed by atoms with Crippen molar-refractivity contribution >= 4 is 23.2 Å². The number of carbonyl (C=O) groups excluding carboxylic acids is 2. The summed E-state index contributed by atoms with van der Waals surface area (Å²) in [7, 11) is 1.91. The summed E-state index contributed by atoms with van der Waals surface area (Å²) in [4.78, 5) is 32.1. The zero-order valence-corrected chi connectivity index (χ0v) is 19.8. The number of para-hydroxylation sites is 1. The van der Waals surface area contributed by atoms with E-state index in [2.05, 4.69) is 10.6 Å². The third-order valence-electron chi connectivity index (χ3n) is 5.87. The molecule has 1 aliphatic rings. The van der Waals surface area contributed by atoms with Crippen molar-refractivity contribution in [2.75, 3.05) is 18.5 Å². The normalized spacial score (nSPS) is 15.9. The lowest BCUT2D eigenvalue weighted by molar-refractivity contribution is -0.128. The van der Waals surface area contributed by atoms with Crippen LogP contribution >= 0.6 is 0 Å². The first-order chi connectivity index (χ1) is 17.2. The van der Waals surface area contributed by atoms with Gasteiger partial charge >= 0.3 is 0 Å². The third kappa shape index (κ3) is 5.56. The van der Waals surface area contributed by atoms with Gasteiger partial charge in [0.25, 0.3) is 0 Å². The maximum atomic E-state index is 13.9. The molecule has 3 aromatic carbocycles. The third-order valence-corrected chi connectivity index (χ3v) is 5.87. The minimum absolute atomic E-state index is 0.306. The van der Waals surface area contributed by atoms with Crippen LogP contribution in [0.3, 0.4) is 0 Å². The predicted molar refractivity (Wildman–Crippen MR) is 131 cm³/mol. The van der Waals surface area contributed by atoms with Crippen molar-refractivity contribution < 1.29 is 22.8 Å². The first-order valence-corrected chi connectivity index (χ1v) is 11.4. The van der Waals surface area contributed by atoms with Gasteiger partial charge in [-0.1, -0.05) is 48.5 Å². The molecule has 186 valence electrons. The average Bonchev–Trinajstić information content (AvgIpc) is 2.99. The smallest absolute Gasteiger partial charge is 0.243 e. The molecule has 0 aromatic heterocycles. The number of benzene rings is 3. The number of aliphatic imine (C=N–C) groups is 1. The van der Waals surface area contributed by atoms with Gasteiger partial charge in [0, 0.05) is 35.5 Å². The lowest BCUT2D eigenvalue weighted by Crippen LogP contribution is -2.50. The molecule has 0 unspecified atom stereocenters.